The summed E-state index contributed by atoms with van der Waals surface area (Å²) in [5.41, 5.74) is -0.202. The van der Waals surface area contributed by atoms with Gasteiger partial charge in [0.05, 0.1) is 11.1 Å². The maximum Gasteiger partial charge on any atom is 0.426 e. The molecule has 2 aliphatic rings. The maximum atomic E-state index is 14.6. The Labute approximate surface area is 217 Å². The third-order valence-corrected chi connectivity index (χ3v) is 8.71. The number of benzene rings is 2. The van der Waals surface area contributed by atoms with Crippen LogP contribution in [0.5, 0.6) is 5.75 Å². The van der Waals surface area contributed by atoms with E-state index in [1.807, 2.05) is 0 Å². The van der Waals surface area contributed by atoms with Gasteiger partial charge in [0, 0.05) is 0 Å². The van der Waals surface area contributed by atoms with Crippen LogP contribution in [0.25, 0.3) is 0 Å². The van der Waals surface area contributed by atoms with E-state index in [9.17, 15) is 22.0 Å². The summed E-state index contributed by atoms with van der Waals surface area (Å²) < 4.78 is 72.0. The molecule has 0 heterocycles. The third kappa shape index (κ3) is 7.70. The van der Waals surface area contributed by atoms with Crippen LogP contribution in [-0.4, -0.2) is 0 Å². The normalized spacial score (nSPS) is 25.1. The van der Waals surface area contributed by atoms with Gasteiger partial charge in [0.15, 0.2) is 0 Å². The van der Waals surface area contributed by atoms with Crippen molar-refractivity contribution >= 4 is 0 Å². The molecule has 0 bridgehead atoms. The van der Waals surface area contributed by atoms with E-state index < -0.39 is 17.8 Å². The zero-order valence-electron chi connectivity index (χ0n) is 21.7. The molecule has 6 heteroatoms. The number of hydrogen-bond acceptors (Lipinski definition) is 1. The zero-order chi connectivity index (χ0) is 26.5. The lowest BCUT2D eigenvalue weighted by Crippen LogP contribution is -2.26. The molecule has 2 fully saturated rings. The monoisotopic (exact) mass is 522 g/mol. The Hall–Kier alpha value is -2.11. The Bertz CT molecular complexity index is 951. The molecule has 2 aromatic rings. The second-order valence-electron chi connectivity index (χ2n) is 11.2. The van der Waals surface area contributed by atoms with E-state index in [4.69, 9.17) is 4.74 Å². The summed E-state index contributed by atoms with van der Waals surface area (Å²) in [4.78, 5) is 0. The minimum Gasteiger partial charge on any atom is -0.429 e. The fourth-order valence-electron chi connectivity index (χ4n) is 6.46. The molecule has 0 saturated heterocycles. The highest BCUT2D eigenvalue weighted by atomic mass is 19.4. The summed E-state index contributed by atoms with van der Waals surface area (Å²) in [5.74, 6) is 3.17. The van der Waals surface area contributed by atoms with E-state index in [0.29, 0.717) is 5.92 Å². The van der Waals surface area contributed by atoms with Gasteiger partial charge < -0.3 is 4.74 Å². The fourth-order valence-corrected chi connectivity index (χ4v) is 6.46. The maximum absolute atomic E-state index is 14.6. The van der Waals surface area contributed by atoms with E-state index in [2.05, 4.69) is 6.92 Å². The molecular formula is C31H39F5O. The molecule has 0 aromatic heterocycles. The topological polar surface area (TPSA) is 9.23 Å². The lowest BCUT2D eigenvalue weighted by molar-refractivity contribution is -0.185. The van der Waals surface area contributed by atoms with Crippen molar-refractivity contribution in [2.24, 2.45) is 23.7 Å². The van der Waals surface area contributed by atoms with Crippen LogP contribution in [0.15, 0.2) is 48.5 Å². The molecule has 0 unspecified atom stereocenters. The summed E-state index contributed by atoms with van der Waals surface area (Å²) in [6.07, 6.45) is 7.37. The first kappa shape index (κ1) is 27.9. The number of hydrogen-bond donors (Lipinski definition) is 0. The molecule has 204 valence electrons. The number of alkyl halides is 5. The van der Waals surface area contributed by atoms with Crippen molar-refractivity contribution in [3.8, 4) is 5.75 Å². The number of halogens is 5. The van der Waals surface area contributed by atoms with Crippen LogP contribution in [0.1, 0.15) is 94.2 Å². The standard InChI is InChI=1S/C31H39F5O/c1-2-3-22-6-12-25(13-7-22)26-14-8-23(9-15-26)4-5-24-10-16-28(17-11-24)31(35,36)37-29-20-18-27(19-21-29)30(32,33)34/h10-11,16-23,25-26H,2-9,12-15H2,1H3/t22-,23?,25-,26?. The third-order valence-electron chi connectivity index (χ3n) is 8.71. The number of aryl methyl sites for hydroxylation is 1. The average molecular weight is 523 g/mol. The molecule has 37 heavy (non-hydrogen) atoms. The highest BCUT2D eigenvalue weighted by Gasteiger charge is 2.36. The number of ether oxygens (including phenoxy) is 1. The van der Waals surface area contributed by atoms with Crippen molar-refractivity contribution in [1.82, 2.24) is 0 Å². The van der Waals surface area contributed by atoms with Gasteiger partial charge in [0.1, 0.15) is 5.75 Å². The molecule has 0 atom stereocenters. The Kier molecular flexibility index (Phi) is 9.18. The smallest absolute Gasteiger partial charge is 0.426 e. The molecule has 2 saturated carbocycles. The summed E-state index contributed by atoms with van der Waals surface area (Å²) >= 11 is 0. The van der Waals surface area contributed by atoms with E-state index in [1.54, 1.807) is 12.1 Å². The lowest BCUT2D eigenvalue weighted by atomic mass is 9.68. The molecule has 0 N–H and O–H groups in total. The molecule has 2 aliphatic carbocycles. The quantitative estimate of drug-likeness (QED) is 0.298. The van der Waals surface area contributed by atoms with Gasteiger partial charge in [-0.1, -0.05) is 57.6 Å². The van der Waals surface area contributed by atoms with E-state index in [0.717, 1.165) is 60.4 Å². The molecule has 0 radical (unpaired) electrons. The second-order valence-corrected chi connectivity index (χ2v) is 11.2. The highest BCUT2D eigenvalue weighted by molar-refractivity contribution is 5.31. The predicted octanol–water partition coefficient (Wildman–Crippen LogP) is 10.2. The first-order valence-electron chi connectivity index (χ1n) is 14.0. The SMILES string of the molecule is CCC[C@H]1CC[C@H](C2CCC(CCc3ccc(C(F)(F)Oc4ccc(C(F)(F)F)cc4)cc3)CC2)CC1. The molecule has 0 aliphatic heterocycles. The largest absolute Gasteiger partial charge is 0.429 e. The summed E-state index contributed by atoms with van der Waals surface area (Å²) in [7, 11) is 0. The molecule has 0 spiro atoms. The Morgan fingerprint density at radius 2 is 1.14 bits per heavy atom. The van der Waals surface area contributed by atoms with Gasteiger partial charge in [-0.2, -0.15) is 22.0 Å². The number of rotatable bonds is 9. The van der Waals surface area contributed by atoms with Crippen LogP contribution in [-0.2, 0) is 18.7 Å². The molecule has 4 rings (SSSR count). The predicted molar refractivity (Wildman–Crippen MR) is 137 cm³/mol. The van der Waals surface area contributed by atoms with Gasteiger partial charge in [0.25, 0.3) is 0 Å². The van der Waals surface area contributed by atoms with E-state index >= 15 is 0 Å². The average Bonchev–Trinajstić information content (AvgIpc) is 2.88. The van der Waals surface area contributed by atoms with Crippen molar-refractivity contribution < 1.29 is 26.7 Å². The van der Waals surface area contributed by atoms with Gasteiger partial charge >= 0.3 is 12.3 Å². The first-order chi connectivity index (χ1) is 17.6. The molecule has 0 amide bonds. The van der Waals surface area contributed by atoms with Crippen LogP contribution in [0, 0.1) is 23.7 Å². The van der Waals surface area contributed by atoms with Gasteiger partial charge in [0.2, 0.25) is 0 Å². The van der Waals surface area contributed by atoms with Gasteiger partial charge in [-0.25, -0.2) is 0 Å². The van der Waals surface area contributed by atoms with E-state index in [-0.39, 0.29) is 11.3 Å². The van der Waals surface area contributed by atoms with Crippen molar-refractivity contribution in [1.29, 1.82) is 0 Å². The Morgan fingerprint density at radius 1 is 0.649 bits per heavy atom. The summed E-state index contributed by atoms with van der Waals surface area (Å²) in [6, 6.07) is 9.42. The summed E-state index contributed by atoms with van der Waals surface area (Å²) in [6.45, 7) is 2.29. The fraction of sp³-hybridized carbons (Fsp3) is 0.613. The minimum atomic E-state index is -4.52. The van der Waals surface area contributed by atoms with Crippen LogP contribution >= 0.6 is 0 Å². The highest BCUT2D eigenvalue weighted by Crippen LogP contribution is 2.43. The second kappa shape index (κ2) is 12.2. The Morgan fingerprint density at radius 3 is 1.62 bits per heavy atom. The van der Waals surface area contributed by atoms with Gasteiger partial charge in [-0.15, -0.1) is 0 Å². The van der Waals surface area contributed by atoms with Crippen LogP contribution in [0.2, 0.25) is 0 Å². The minimum absolute atomic E-state index is 0.313. The Balaban J connectivity index is 1.21. The molecule has 2 aromatic carbocycles. The van der Waals surface area contributed by atoms with Crippen LogP contribution < -0.4 is 4.74 Å². The van der Waals surface area contributed by atoms with E-state index in [1.165, 1.54) is 76.3 Å². The lowest BCUT2D eigenvalue weighted by Gasteiger charge is -2.38. The van der Waals surface area contributed by atoms with Crippen LogP contribution in [0.4, 0.5) is 22.0 Å². The van der Waals surface area contributed by atoms with Crippen molar-refractivity contribution in [2.45, 2.75) is 96.3 Å². The zero-order valence-corrected chi connectivity index (χ0v) is 21.7. The molecule has 1 nitrogen and oxygen atoms in total. The van der Waals surface area contributed by atoms with Gasteiger partial charge in [-0.3, -0.25) is 0 Å². The van der Waals surface area contributed by atoms with Crippen molar-refractivity contribution in [3.63, 3.8) is 0 Å². The van der Waals surface area contributed by atoms with Crippen LogP contribution in [0.3, 0.4) is 0 Å². The van der Waals surface area contributed by atoms with Crippen molar-refractivity contribution in [3.05, 3.63) is 65.2 Å². The molecular weight excluding hydrogens is 483 g/mol. The first-order valence-corrected chi connectivity index (χ1v) is 14.0. The summed E-state index contributed by atoms with van der Waals surface area (Å²) in [5, 5.41) is 0. The van der Waals surface area contributed by atoms with Crippen molar-refractivity contribution in [2.75, 3.05) is 0 Å². The van der Waals surface area contributed by atoms with Gasteiger partial charge in [-0.05, 0) is 104 Å².